The van der Waals surface area contributed by atoms with E-state index in [1.165, 1.54) is 23.7 Å². The van der Waals surface area contributed by atoms with Crippen LogP contribution in [0.1, 0.15) is 38.5 Å². The average Bonchev–Trinajstić information content (AvgIpc) is 2.60. The predicted molar refractivity (Wildman–Crippen MR) is 41.7 cm³/mol. The summed E-state index contributed by atoms with van der Waals surface area (Å²) in [6.07, 6.45) is 9.53. The Kier molecular flexibility index (Phi) is 1.00. The summed E-state index contributed by atoms with van der Waals surface area (Å²) in [7, 11) is 0. The van der Waals surface area contributed by atoms with E-state index in [2.05, 4.69) is 0 Å². The van der Waals surface area contributed by atoms with Crippen LogP contribution in [-0.2, 0) is 0 Å². The normalized spacial score (nSPS) is 57.6. The van der Waals surface area contributed by atoms with Crippen LogP contribution in [0, 0.1) is 23.7 Å². The Balaban J connectivity index is 1.92. The molecule has 0 aliphatic heterocycles. The zero-order chi connectivity index (χ0) is 6.55. The second-order valence-corrected chi connectivity index (χ2v) is 4.59. The van der Waals surface area contributed by atoms with Gasteiger partial charge in [-0.1, -0.05) is 6.42 Å². The van der Waals surface area contributed by atoms with Crippen LogP contribution in [0.4, 0.5) is 0 Å². The molecule has 0 spiro atoms. The third-order valence-electron chi connectivity index (χ3n) is 4.35. The van der Waals surface area contributed by atoms with Crippen molar-refractivity contribution in [3.63, 3.8) is 0 Å². The van der Waals surface area contributed by atoms with Crippen LogP contribution >= 0.6 is 0 Å². The van der Waals surface area contributed by atoms with Crippen LogP contribution in [0.2, 0.25) is 0 Å². The van der Waals surface area contributed by atoms with Crippen molar-refractivity contribution in [1.82, 2.24) is 0 Å². The van der Waals surface area contributed by atoms with Crippen molar-refractivity contribution in [2.24, 2.45) is 23.7 Å². The van der Waals surface area contributed by atoms with E-state index in [9.17, 15) is 0 Å². The molecular weight excluding hydrogens is 120 g/mol. The summed E-state index contributed by atoms with van der Waals surface area (Å²) in [4.78, 5) is 0. The van der Waals surface area contributed by atoms with Gasteiger partial charge in [0, 0.05) is 0 Å². The molecule has 0 aromatic rings. The van der Waals surface area contributed by atoms with Gasteiger partial charge >= 0.3 is 0 Å². The molecule has 10 heavy (non-hydrogen) atoms. The Morgan fingerprint density at radius 2 is 1.30 bits per heavy atom. The zero-order valence-corrected chi connectivity index (χ0v) is 6.55. The minimum absolute atomic E-state index is 1.19. The van der Waals surface area contributed by atoms with Crippen molar-refractivity contribution in [3.05, 3.63) is 0 Å². The highest BCUT2D eigenvalue weighted by molar-refractivity contribution is 4.98. The summed E-state index contributed by atoms with van der Waals surface area (Å²) in [5.41, 5.74) is 0. The molecule has 2 bridgehead atoms. The fourth-order valence-corrected chi connectivity index (χ4v) is 4.02. The Labute approximate surface area is 63.0 Å². The van der Waals surface area contributed by atoms with Crippen LogP contribution in [0.15, 0.2) is 0 Å². The van der Waals surface area contributed by atoms with Gasteiger partial charge in [0.05, 0.1) is 0 Å². The minimum Gasteiger partial charge on any atom is -0.0527 e. The van der Waals surface area contributed by atoms with Gasteiger partial charge in [0.2, 0.25) is 0 Å². The molecule has 0 aromatic heterocycles. The van der Waals surface area contributed by atoms with Gasteiger partial charge in [0.1, 0.15) is 0 Å². The molecule has 0 unspecified atom stereocenters. The average molecular weight is 136 g/mol. The van der Waals surface area contributed by atoms with Gasteiger partial charge in [0.25, 0.3) is 0 Å². The first-order valence-electron chi connectivity index (χ1n) is 4.95. The maximum Gasteiger partial charge on any atom is -0.0355 e. The monoisotopic (exact) mass is 136 g/mol. The molecule has 0 aromatic carbocycles. The maximum absolute atomic E-state index is 1.62. The summed E-state index contributed by atoms with van der Waals surface area (Å²) < 4.78 is 0. The lowest BCUT2D eigenvalue weighted by atomic mass is 9.82. The highest BCUT2D eigenvalue weighted by atomic mass is 14.5. The van der Waals surface area contributed by atoms with Crippen molar-refractivity contribution in [1.29, 1.82) is 0 Å². The molecule has 0 nitrogen and oxygen atoms in total. The molecule has 0 N–H and O–H groups in total. The molecular formula is C10H16. The number of hydrogen-bond acceptors (Lipinski definition) is 0. The first-order valence-corrected chi connectivity index (χ1v) is 4.95. The Morgan fingerprint density at radius 1 is 0.700 bits per heavy atom. The molecule has 56 valence electrons. The summed E-state index contributed by atoms with van der Waals surface area (Å²) >= 11 is 0. The Morgan fingerprint density at radius 3 is 1.90 bits per heavy atom. The quantitative estimate of drug-likeness (QED) is 0.480. The van der Waals surface area contributed by atoms with Gasteiger partial charge in [0.15, 0.2) is 0 Å². The second-order valence-electron chi connectivity index (χ2n) is 4.59. The summed E-state index contributed by atoms with van der Waals surface area (Å²) in [6, 6.07) is 0. The highest BCUT2D eigenvalue weighted by Gasteiger charge is 2.48. The van der Waals surface area contributed by atoms with E-state index in [1.807, 2.05) is 0 Å². The lowest BCUT2D eigenvalue weighted by molar-refractivity contribution is 0.259. The van der Waals surface area contributed by atoms with Crippen LogP contribution in [-0.4, -0.2) is 0 Å². The van der Waals surface area contributed by atoms with E-state index in [0.717, 1.165) is 0 Å². The topological polar surface area (TPSA) is 0 Å². The van der Waals surface area contributed by atoms with Crippen LogP contribution in [0.3, 0.4) is 0 Å². The van der Waals surface area contributed by atoms with E-state index in [4.69, 9.17) is 0 Å². The van der Waals surface area contributed by atoms with Crippen LogP contribution in [0.25, 0.3) is 0 Å². The SMILES string of the molecule is C1C[C@H]2[C@@H]3CC[C@@H](C3)[C@@H]2C1. The van der Waals surface area contributed by atoms with Crippen molar-refractivity contribution < 1.29 is 0 Å². The molecule has 0 amide bonds. The lowest BCUT2D eigenvalue weighted by Crippen LogP contribution is -2.15. The predicted octanol–water partition coefficient (Wildman–Crippen LogP) is 2.83. The van der Waals surface area contributed by atoms with E-state index < -0.39 is 0 Å². The summed E-state index contributed by atoms with van der Waals surface area (Å²) in [6.45, 7) is 0. The third-order valence-corrected chi connectivity index (χ3v) is 4.35. The van der Waals surface area contributed by atoms with E-state index in [0.29, 0.717) is 0 Å². The first kappa shape index (κ1) is 5.62. The van der Waals surface area contributed by atoms with Crippen LogP contribution < -0.4 is 0 Å². The molecule has 0 radical (unpaired) electrons. The Hall–Kier alpha value is 0. The van der Waals surface area contributed by atoms with Crippen molar-refractivity contribution in [3.8, 4) is 0 Å². The largest absolute Gasteiger partial charge is 0.0527 e. The van der Waals surface area contributed by atoms with E-state index in [-0.39, 0.29) is 0 Å². The molecule has 3 aliphatic rings. The number of hydrogen-bond donors (Lipinski definition) is 0. The summed E-state index contributed by atoms with van der Waals surface area (Å²) in [5, 5.41) is 0. The maximum atomic E-state index is 1.62. The third kappa shape index (κ3) is 0.538. The van der Waals surface area contributed by atoms with Gasteiger partial charge in [-0.05, 0) is 55.8 Å². The van der Waals surface area contributed by atoms with Crippen molar-refractivity contribution in [2.45, 2.75) is 38.5 Å². The van der Waals surface area contributed by atoms with Crippen LogP contribution in [0.5, 0.6) is 0 Å². The van der Waals surface area contributed by atoms with Crippen molar-refractivity contribution in [2.75, 3.05) is 0 Å². The Bertz CT molecular complexity index is 134. The van der Waals surface area contributed by atoms with Gasteiger partial charge in [-0.2, -0.15) is 0 Å². The van der Waals surface area contributed by atoms with Crippen molar-refractivity contribution >= 4 is 0 Å². The molecule has 4 atom stereocenters. The number of fused-ring (bicyclic) bond motifs is 5. The zero-order valence-electron chi connectivity index (χ0n) is 6.55. The van der Waals surface area contributed by atoms with E-state index >= 15 is 0 Å². The first-order chi connectivity index (χ1) is 4.95. The molecule has 3 fully saturated rings. The highest BCUT2D eigenvalue weighted by Crippen LogP contribution is 2.58. The molecule has 0 saturated heterocycles. The minimum atomic E-state index is 1.19. The number of rotatable bonds is 0. The van der Waals surface area contributed by atoms with Gasteiger partial charge in [-0.3, -0.25) is 0 Å². The molecule has 0 heterocycles. The van der Waals surface area contributed by atoms with Gasteiger partial charge < -0.3 is 0 Å². The smallest absolute Gasteiger partial charge is 0.0355 e. The second kappa shape index (κ2) is 1.78. The fourth-order valence-electron chi connectivity index (χ4n) is 4.02. The fraction of sp³-hybridized carbons (Fsp3) is 1.00. The van der Waals surface area contributed by atoms with E-state index in [1.54, 1.807) is 38.5 Å². The van der Waals surface area contributed by atoms with Gasteiger partial charge in [-0.15, -0.1) is 0 Å². The molecule has 3 aliphatic carbocycles. The molecule has 0 heteroatoms. The van der Waals surface area contributed by atoms with Gasteiger partial charge in [-0.25, -0.2) is 0 Å². The lowest BCUT2D eigenvalue weighted by Gasteiger charge is -2.23. The summed E-state index contributed by atoms with van der Waals surface area (Å²) in [5.74, 6) is 4.80. The molecule has 3 rings (SSSR count). The molecule has 3 saturated carbocycles. The standard InChI is InChI=1S/C10H16/c1-2-9-7-4-5-8(6-7)10(9)3-1/h7-10H,1-6H2/t7-,8+,9-,10-/m0/s1.